The minimum absolute atomic E-state index is 0.0260. The number of alkyl halides is 2. The van der Waals surface area contributed by atoms with Crippen LogP contribution in [0.25, 0.3) is 22.5 Å². The molecule has 0 saturated heterocycles. The molecule has 2 N–H and O–H groups in total. The zero-order valence-corrected chi connectivity index (χ0v) is 12.1. The first-order valence-corrected chi connectivity index (χ1v) is 6.89. The maximum absolute atomic E-state index is 13.0. The Balaban J connectivity index is 2.21. The molecule has 1 aromatic carbocycles. The standard InChI is InChI=1S/C16H13F2N5/c17-8-12-6-11(7-13(9-18)20-12)15-14(21-16(19)23-22-15)10-4-2-1-3-5-10/h1-7H,8-9H2,(H2,19,21,23). The van der Waals surface area contributed by atoms with Crippen molar-refractivity contribution in [3.8, 4) is 22.5 Å². The lowest BCUT2D eigenvalue weighted by atomic mass is 10.0. The van der Waals surface area contributed by atoms with Gasteiger partial charge in [-0.3, -0.25) is 4.98 Å². The highest BCUT2D eigenvalue weighted by atomic mass is 19.1. The van der Waals surface area contributed by atoms with Gasteiger partial charge in [-0.1, -0.05) is 30.3 Å². The van der Waals surface area contributed by atoms with Crippen LogP contribution < -0.4 is 5.73 Å². The van der Waals surface area contributed by atoms with Crippen LogP contribution in [0.1, 0.15) is 11.4 Å². The van der Waals surface area contributed by atoms with E-state index in [1.807, 2.05) is 30.3 Å². The van der Waals surface area contributed by atoms with Crippen LogP contribution in [0.2, 0.25) is 0 Å². The van der Waals surface area contributed by atoms with Crippen LogP contribution in [-0.4, -0.2) is 20.2 Å². The molecule has 0 fully saturated rings. The van der Waals surface area contributed by atoms with Crippen molar-refractivity contribution in [3.63, 3.8) is 0 Å². The zero-order chi connectivity index (χ0) is 16.2. The summed E-state index contributed by atoms with van der Waals surface area (Å²) in [7, 11) is 0. The molecule has 0 atom stereocenters. The lowest BCUT2D eigenvalue weighted by Crippen LogP contribution is -2.03. The summed E-state index contributed by atoms with van der Waals surface area (Å²) in [6.45, 7) is -1.59. The van der Waals surface area contributed by atoms with Gasteiger partial charge < -0.3 is 5.73 Å². The molecule has 3 rings (SSSR count). The van der Waals surface area contributed by atoms with Crippen LogP contribution in [0.15, 0.2) is 42.5 Å². The zero-order valence-electron chi connectivity index (χ0n) is 12.1. The number of rotatable bonds is 4. The molecule has 3 aromatic rings. The molecule has 0 unspecified atom stereocenters. The highest BCUT2D eigenvalue weighted by Gasteiger charge is 2.14. The fourth-order valence-electron chi connectivity index (χ4n) is 2.25. The Morgan fingerprint density at radius 3 is 2.04 bits per heavy atom. The highest BCUT2D eigenvalue weighted by Crippen LogP contribution is 2.29. The van der Waals surface area contributed by atoms with Gasteiger partial charge in [0.25, 0.3) is 0 Å². The predicted octanol–water partition coefficient (Wildman–Crippen LogP) is 3.12. The maximum atomic E-state index is 13.0. The average Bonchev–Trinajstić information content (AvgIpc) is 2.61. The average molecular weight is 313 g/mol. The molecule has 0 saturated carbocycles. The van der Waals surface area contributed by atoms with E-state index in [2.05, 4.69) is 20.2 Å². The summed E-state index contributed by atoms with van der Waals surface area (Å²) in [5.74, 6) is 0.0260. The first-order chi connectivity index (χ1) is 11.2. The number of nitrogen functional groups attached to an aromatic ring is 1. The van der Waals surface area contributed by atoms with Crippen molar-refractivity contribution in [2.45, 2.75) is 13.3 Å². The van der Waals surface area contributed by atoms with Crippen molar-refractivity contribution in [3.05, 3.63) is 53.9 Å². The Hall–Kier alpha value is -2.96. The van der Waals surface area contributed by atoms with Crippen molar-refractivity contribution in [1.29, 1.82) is 0 Å². The summed E-state index contributed by atoms with van der Waals surface area (Å²) in [6, 6.07) is 12.3. The molecule has 0 bridgehead atoms. The number of anilines is 1. The molecular weight excluding hydrogens is 300 g/mol. The van der Waals surface area contributed by atoms with Gasteiger partial charge >= 0.3 is 0 Å². The van der Waals surface area contributed by atoms with Gasteiger partial charge in [0, 0.05) is 11.1 Å². The van der Waals surface area contributed by atoms with E-state index >= 15 is 0 Å². The summed E-state index contributed by atoms with van der Waals surface area (Å²) in [5.41, 5.74) is 8.08. The van der Waals surface area contributed by atoms with Gasteiger partial charge in [0.05, 0.1) is 11.4 Å². The van der Waals surface area contributed by atoms with E-state index in [0.29, 0.717) is 17.0 Å². The van der Waals surface area contributed by atoms with E-state index in [1.165, 1.54) is 12.1 Å². The smallest absolute Gasteiger partial charge is 0.240 e. The molecule has 23 heavy (non-hydrogen) atoms. The topological polar surface area (TPSA) is 77.6 Å². The third-order valence-corrected chi connectivity index (χ3v) is 3.23. The van der Waals surface area contributed by atoms with E-state index < -0.39 is 13.3 Å². The maximum Gasteiger partial charge on any atom is 0.240 e. The van der Waals surface area contributed by atoms with Crippen molar-refractivity contribution in [2.24, 2.45) is 0 Å². The Kier molecular flexibility index (Phi) is 4.18. The highest BCUT2D eigenvalue weighted by molar-refractivity contribution is 5.78. The first kappa shape index (κ1) is 15.0. The van der Waals surface area contributed by atoms with Gasteiger partial charge in [-0.2, -0.15) is 0 Å². The van der Waals surface area contributed by atoms with E-state index in [-0.39, 0.29) is 17.3 Å². The number of pyridine rings is 1. The molecule has 0 radical (unpaired) electrons. The summed E-state index contributed by atoms with van der Waals surface area (Å²) >= 11 is 0. The van der Waals surface area contributed by atoms with Crippen LogP contribution in [0, 0.1) is 0 Å². The van der Waals surface area contributed by atoms with Crippen molar-refractivity contribution in [2.75, 3.05) is 5.73 Å². The fraction of sp³-hybridized carbons (Fsp3) is 0.125. The molecule has 0 aliphatic rings. The minimum Gasteiger partial charge on any atom is -0.366 e. The number of aromatic nitrogens is 4. The third kappa shape index (κ3) is 3.13. The normalized spacial score (nSPS) is 10.7. The van der Waals surface area contributed by atoms with E-state index in [1.54, 1.807) is 0 Å². The molecule has 0 aliphatic heterocycles. The molecule has 2 heterocycles. The Morgan fingerprint density at radius 2 is 1.43 bits per heavy atom. The lowest BCUT2D eigenvalue weighted by Gasteiger charge is -2.09. The lowest BCUT2D eigenvalue weighted by molar-refractivity contribution is 0.457. The molecule has 0 amide bonds. The van der Waals surface area contributed by atoms with Gasteiger partial charge in [-0.05, 0) is 12.1 Å². The molecular formula is C16H13F2N5. The molecule has 2 aromatic heterocycles. The second kappa shape index (κ2) is 6.43. The second-order valence-corrected chi connectivity index (χ2v) is 4.84. The monoisotopic (exact) mass is 313 g/mol. The van der Waals surface area contributed by atoms with E-state index in [0.717, 1.165) is 5.56 Å². The quantitative estimate of drug-likeness (QED) is 0.800. The number of hydrogen-bond donors (Lipinski definition) is 1. The van der Waals surface area contributed by atoms with E-state index in [9.17, 15) is 8.78 Å². The van der Waals surface area contributed by atoms with Gasteiger partial charge in [0.2, 0.25) is 5.95 Å². The van der Waals surface area contributed by atoms with Crippen molar-refractivity contribution >= 4 is 5.95 Å². The molecule has 0 spiro atoms. The Bertz CT molecular complexity index is 802. The van der Waals surface area contributed by atoms with Gasteiger partial charge in [0.1, 0.15) is 24.7 Å². The fourth-order valence-corrected chi connectivity index (χ4v) is 2.25. The molecule has 7 heteroatoms. The van der Waals surface area contributed by atoms with Gasteiger partial charge in [-0.15, -0.1) is 10.2 Å². The number of nitrogens with zero attached hydrogens (tertiary/aromatic N) is 4. The number of hydrogen-bond acceptors (Lipinski definition) is 5. The van der Waals surface area contributed by atoms with Crippen LogP contribution in [0.5, 0.6) is 0 Å². The number of nitrogens with two attached hydrogens (primary N) is 1. The van der Waals surface area contributed by atoms with Crippen molar-refractivity contribution in [1.82, 2.24) is 20.2 Å². The van der Waals surface area contributed by atoms with Crippen LogP contribution in [-0.2, 0) is 13.3 Å². The van der Waals surface area contributed by atoms with Gasteiger partial charge in [-0.25, -0.2) is 13.8 Å². The van der Waals surface area contributed by atoms with E-state index in [4.69, 9.17) is 5.73 Å². The predicted molar refractivity (Wildman–Crippen MR) is 82.5 cm³/mol. The van der Waals surface area contributed by atoms with Crippen LogP contribution in [0.3, 0.4) is 0 Å². The Morgan fingerprint density at radius 1 is 0.783 bits per heavy atom. The first-order valence-electron chi connectivity index (χ1n) is 6.89. The molecule has 5 nitrogen and oxygen atoms in total. The van der Waals surface area contributed by atoms with Crippen molar-refractivity contribution < 1.29 is 8.78 Å². The summed E-state index contributed by atoms with van der Waals surface area (Å²) in [6.07, 6.45) is 0. The molecule has 0 aliphatic carbocycles. The SMILES string of the molecule is Nc1nnc(-c2cc(CF)nc(CF)c2)c(-c2ccccc2)n1. The second-order valence-electron chi connectivity index (χ2n) is 4.84. The minimum atomic E-state index is -0.794. The summed E-state index contributed by atoms with van der Waals surface area (Å²) in [5, 5.41) is 7.83. The largest absolute Gasteiger partial charge is 0.366 e. The van der Waals surface area contributed by atoms with Gasteiger partial charge in [0.15, 0.2) is 0 Å². The summed E-state index contributed by atoms with van der Waals surface area (Å²) in [4.78, 5) is 8.10. The van der Waals surface area contributed by atoms with Crippen LogP contribution >= 0.6 is 0 Å². The number of benzene rings is 1. The number of halogens is 2. The Labute approximate surface area is 131 Å². The third-order valence-electron chi connectivity index (χ3n) is 3.23. The van der Waals surface area contributed by atoms with Crippen LogP contribution in [0.4, 0.5) is 14.7 Å². The molecule has 116 valence electrons. The summed E-state index contributed by atoms with van der Waals surface area (Å²) < 4.78 is 25.9.